The van der Waals surface area contributed by atoms with Gasteiger partial charge in [0.2, 0.25) is 5.82 Å². The lowest BCUT2D eigenvalue weighted by molar-refractivity contribution is 0.675. The van der Waals surface area contributed by atoms with Crippen molar-refractivity contribution in [3.05, 3.63) is 47.5 Å². The van der Waals surface area contributed by atoms with Gasteiger partial charge in [-0.1, -0.05) is 13.0 Å². The van der Waals surface area contributed by atoms with Gasteiger partial charge < -0.3 is 5.32 Å². The summed E-state index contributed by atoms with van der Waals surface area (Å²) in [5, 5.41) is 21.6. The maximum Gasteiger partial charge on any atom is 0.217 e. The molecule has 100 valence electrons. The van der Waals surface area contributed by atoms with E-state index in [9.17, 15) is 5.26 Å². The summed E-state index contributed by atoms with van der Waals surface area (Å²) in [6, 6.07) is 9.85. The predicted molar refractivity (Wildman–Crippen MR) is 75.0 cm³/mol. The molecule has 0 saturated heterocycles. The molecule has 1 aromatic carbocycles. The van der Waals surface area contributed by atoms with Gasteiger partial charge in [0.05, 0.1) is 11.3 Å². The first-order valence-electron chi connectivity index (χ1n) is 6.47. The standard InChI is InChI=1S/C15H15N5/c1-2-5-18-11-12-3-4-14(13(8-12)9-16)20-7-6-19-15(20)10-17/h3-4,6-8,18H,2,5,11H2,1H3. The van der Waals surface area contributed by atoms with Crippen LogP contribution < -0.4 is 5.32 Å². The van der Waals surface area contributed by atoms with Crippen LogP contribution in [-0.2, 0) is 6.54 Å². The highest BCUT2D eigenvalue weighted by Crippen LogP contribution is 2.17. The van der Waals surface area contributed by atoms with Crippen molar-refractivity contribution in [3.8, 4) is 17.8 Å². The van der Waals surface area contributed by atoms with Crippen LogP contribution in [0.2, 0.25) is 0 Å². The third-order valence-electron chi connectivity index (χ3n) is 2.94. The fourth-order valence-electron chi connectivity index (χ4n) is 1.98. The average molecular weight is 265 g/mol. The number of nitriles is 2. The fourth-order valence-corrected chi connectivity index (χ4v) is 1.98. The summed E-state index contributed by atoms with van der Waals surface area (Å²) >= 11 is 0. The number of benzene rings is 1. The van der Waals surface area contributed by atoms with Crippen LogP contribution in [0.5, 0.6) is 0 Å². The van der Waals surface area contributed by atoms with Crippen LogP contribution in [0.3, 0.4) is 0 Å². The number of hydrogen-bond donors (Lipinski definition) is 1. The number of rotatable bonds is 5. The third-order valence-corrected chi connectivity index (χ3v) is 2.94. The Morgan fingerprint density at radius 3 is 2.85 bits per heavy atom. The van der Waals surface area contributed by atoms with Crippen molar-refractivity contribution in [2.24, 2.45) is 0 Å². The van der Waals surface area contributed by atoms with Crippen molar-refractivity contribution >= 4 is 0 Å². The first-order chi connectivity index (χ1) is 9.80. The molecule has 0 atom stereocenters. The second kappa shape index (κ2) is 6.51. The van der Waals surface area contributed by atoms with Gasteiger partial charge in [0.25, 0.3) is 0 Å². The molecule has 0 unspecified atom stereocenters. The molecular weight excluding hydrogens is 250 g/mol. The van der Waals surface area contributed by atoms with E-state index in [-0.39, 0.29) is 5.82 Å². The number of hydrogen-bond acceptors (Lipinski definition) is 4. The number of nitrogens with zero attached hydrogens (tertiary/aromatic N) is 4. The molecule has 0 amide bonds. The van der Waals surface area contributed by atoms with Crippen molar-refractivity contribution in [1.29, 1.82) is 10.5 Å². The maximum absolute atomic E-state index is 9.29. The molecule has 0 spiro atoms. The van der Waals surface area contributed by atoms with Gasteiger partial charge >= 0.3 is 0 Å². The Bertz CT molecular complexity index is 672. The molecule has 1 aromatic heterocycles. The molecule has 0 radical (unpaired) electrons. The van der Waals surface area contributed by atoms with Gasteiger partial charge in [-0.15, -0.1) is 0 Å². The lowest BCUT2D eigenvalue weighted by Gasteiger charge is -2.09. The lowest BCUT2D eigenvalue weighted by atomic mass is 10.1. The van der Waals surface area contributed by atoms with Gasteiger partial charge in [-0.25, -0.2) is 4.98 Å². The SMILES string of the molecule is CCCNCc1ccc(-n2ccnc2C#N)c(C#N)c1. The van der Waals surface area contributed by atoms with Crippen LogP contribution in [0, 0.1) is 22.7 Å². The summed E-state index contributed by atoms with van der Waals surface area (Å²) in [6.45, 7) is 3.79. The molecule has 0 aliphatic rings. The Hall–Kier alpha value is -2.63. The minimum atomic E-state index is 0.276. The molecule has 2 rings (SSSR count). The molecule has 0 aliphatic carbocycles. The smallest absolute Gasteiger partial charge is 0.217 e. The summed E-state index contributed by atoms with van der Waals surface area (Å²) in [6.07, 6.45) is 4.31. The largest absolute Gasteiger partial charge is 0.313 e. The third kappa shape index (κ3) is 2.85. The molecule has 2 aromatic rings. The minimum absolute atomic E-state index is 0.276. The van der Waals surface area contributed by atoms with Gasteiger partial charge in [0.1, 0.15) is 12.1 Å². The van der Waals surface area contributed by atoms with E-state index in [2.05, 4.69) is 23.3 Å². The summed E-state index contributed by atoms with van der Waals surface area (Å²) in [7, 11) is 0. The lowest BCUT2D eigenvalue weighted by Crippen LogP contribution is -2.14. The molecule has 5 nitrogen and oxygen atoms in total. The summed E-state index contributed by atoms with van der Waals surface area (Å²) in [5.74, 6) is 0.276. The van der Waals surface area contributed by atoms with Gasteiger partial charge in [-0.3, -0.25) is 4.57 Å². The molecule has 20 heavy (non-hydrogen) atoms. The molecule has 0 bridgehead atoms. The van der Waals surface area contributed by atoms with Crippen LogP contribution in [0.15, 0.2) is 30.6 Å². The molecule has 0 saturated carbocycles. The van der Waals surface area contributed by atoms with E-state index >= 15 is 0 Å². The molecule has 5 heteroatoms. The van der Waals surface area contributed by atoms with Crippen molar-refractivity contribution in [2.75, 3.05) is 6.54 Å². The summed E-state index contributed by atoms with van der Waals surface area (Å²) < 4.78 is 1.63. The summed E-state index contributed by atoms with van der Waals surface area (Å²) in [4.78, 5) is 3.95. The zero-order chi connectivity index (χ0) is 14.4. The highest BCUT2D eigenvalue weighted by atomic mass is 15.1. The second-order valence-electron chi connectivity index (χ2n) is 4.37. The quantitative estimate of drug-likeness (QED) is 0.840. The van der Waals surface area contributed by atoms with Crippen LogP contribution in [-0.4, -0.2) is 16.1 Å². The Morgan fingerprint density at radius 1 is 1.30 bits per heavy atom. The van der Waals surface area contributed by atoms with Gasteiger partial charge in [-0.05, 0) is 30.7 Å². The highest BCUT2D eigenvalue weighted by Gasteiger charge is 2.09. The van der Waals surface area contributed by atoms with Crippen LogP contribution >= 0.6 is 0 Å². The van der Waals surface area contributed by atoms with Crippen molar-refractivity contribution in [3.63, 3.8) is 0 Å². The Kier molecular flexibility index (Phi) is 4.49. The highest BCUT2D eigenvalue weighted by molar-refractivity contribution is 5.52. The molecular formula is C15H15N5. The van der Waals surface area contributed by atoms with Crippen LogP contribution in [0.25, 0.3) is 5.69 Å². The van der Waals surface area contributed by atoms with E-state index in [0.717, 1.165) is 25.1 Å². The molecule has 0 fully saturated rings. The molecule has 1 N–H and O–H groups in total. The van der Waals surface area contributed by atoms with E-state index in [4.69, 9.17) is 5.26 Å². The van der Waals surface area contributed by atoms with Gasteiger partial charge in [-0.2, -0.15) is 10.5 Å². The van der Waals surface area contributed by atoms with Crippen molar-refractivity contribution in [1.82, 2.24) is 14.9 Å². The predicted octanol–water partition coefficient (Wildman–Crippen LogP) is 2.12. The van der Waals surface area contributed by atoms with E-state index in [1.165, 1.54) is 0 Å². The summed E-state index contributed by atoms with van der Waals surface area (Å²) in [5.41, 5.74) is 2.27. The number of aromatic nitrogens is 2. The fraction of sp³-hybridized carbons (Fsp3) is 0.267. The first kappa shape index (κ1) is 13.8. The van der Waals surface area contributed by atoms with Crippen molar-refractivity contribution in [2.45, 2.75) is 19.9 Å². The zero-order valence-corrected chi connectivity index (χ0v) is 11.3. The zero-order valence-electron chi connectivity index (χ0n) is 11.3. The first-order valence-corrected chi connectivity index (χ1v) is 6.47. The van der Waals surface area contributed by atoms with E-state index in [0.29, 0.717) is 11.3 Å². The van der Waals surface area contributed by atoms with Crippen molar-refractivity contribution < 1.29 is 0 Å². The number of nitrogens with one attached hydrogen (secondary N) is 1. The monoisotopic (exact) mass is 265 g/mol. The van der Waals surface area contributed by atoms with E-state index < -0.39 is 0 Å². The minimum Gasteiger partial charge on any atom is -0.313 e. The topological polar surface area (TPSA) is 77.4 Å². The van der Waals surface area contributed by atoms with Gasteiger partial charge in [0, 0.05) is 18.9 Å². The Balaban J connectivity index is 2.32. The Morgan fingerprint density at radius 2 is 2.15 bits per heavy atom. The van der Waals surface area contributed by atoms with Gasteiger partial charge in [0.15, 0.2) is 0 Å². The number of imidazole rings is 1. The second-order valence-corrected chi connectivity index (χ2v) is 4.37. The molecule has 0 aliphatic heterocycles. The molecule has 1 heterocycles. The maximum atomic E-state index is 9.29. The average Bonchev–Trinajstić information content (AvgIpc) is 2.95. The normalized spacial score (nSPS) is 9.95. The van der Waals surface area contributed by atoms with E-state index in [1.807, 2.05) is 24.3 Å². The van der Waals surface area contributed by atoms with Crippen LogP contribution in [0.1, 0.15) is 30.3 Å². The Labute approximate surface area is 118 Å². The van der Waals surface area contributed by atoms with Crippen LogP contribution in [0.4, 0.5) is 0 Å². The van der Waals surface area contributed by atoms with E-state index in [1.54, 1.807) is 17.0 Å².